The first-order chi connectivity index (χ1) is 7.11. The van der Waals surface area contributed by atoms with Gasteiger partial charge in [-0.2, -0.15) is 13.2 Å². The first kappa shape index (κ1) is 14.5. The summed E-state index contributed by atoms with van der Waals surface area (Å²) in [5.74, 6) is -1.13. The van der Waals surface area contributed by atoms with Crippen LogP contribution in [0.4, 0.5) is 18.0 Å². The van der Waals surface area contributed by atoms with Crippen molar-refractivity contribution in [3.05, 3.63) is 0 Å². The van der Waals surface area contributed by atoms with Crippen LogP contribution in [0.25, 0.3) is 0 Å². The van der Waals surface area contributed by atoms with Crippen LogP contribution in [-0.2, 0) is 4.79 Å². The van der Waals surface area contributed by atoms with Crippen molar-refractivity contribution < 1.29 is 27.9 Å². The summed E-state index contributed by atoms with van der Waals surface area (Å²) in [6.45, 7) is 0.0199. The predicted octanol–water partition coefficient (Wildman–Crippen LogP) is 1.05. The van der Waals surface area contributed by atoms with E-state index in [2.05, 4.69) is 5.32 Å². The molecule has 8 heteroatoms. The second-order valence-corrected chi connectivity index (χ2v) is 3.42. The average molecular weight is 242 g/mol. The summed E-state index contributed by atoms with van der Waals surface area (Å²) < 4.78 is 35.7. The molecule has 0 spiro atoms. The first-order valence-electron chi connectivity index (χ1n) is 4.42. The maximum Gasteiger partial charge on any atom is 0.406 e. The van der Waals surface area contributed by atoms with E-state index in [1.54, 1.807) is 0 Å². The normalized spacial score (nSPS) is 13.1. The van der Waals surface area contributed by atoms with Crippen LogP contribution < -0.4 is 5.32 Å². The molecule has 0 heterocycles. The molecule has 1 unspecified atom stereocenters. The van der Waals surface area contributed by atoms with Gasteiger partial charge in [0, 0.05) is 13.1 Å². The van der Waals surface area contributed by atoms with Crippen LogP contribution in [0.3, 0.4) is 0 Å². The number of hydrogen-bond donors (Lipinski definition) is 2. The number of rotatable bonds is 4. The van der Waals surface area contributed by atoms with Gasteiger partial charge in [-0.15, -0.1) is 0 Å². The molecule has 94 valence electrons. The molecule has 1 atom stereocenters. The number of nitrogens with one attached hydrogen (secondary N) is 1. The first-order valence-corrected chi connectivity index (χ1v) is 4.42. The van der Waals surface area contributed by atoms with Gasteiger partial charge in [0.05, 0.1) is 6.42 Å². The van der Waals surface area contributed by atoms with Crippen LogP contribution in [0.15, 0.2) is 0 Å². The van der Waals surface area contributed by atoms with Crippen LogP contribution in [0.5, 0.6) is 0 Å². The van der Waals surface area contributed by atoms with Gasteiger partial charge in [0.2, 0.25) is 0 Å². The Balaban J connectivity index is 4.10. The highest BCUT2D eigenvalue weighted by Crippen LogP contribution is 2.15. The monoisotopic (exact) mass is 242 g/mol. The SMILES string of the molecule is CC(CC(=O)O)NC(=O)N(C)CC(F)(F)F. The number of aliphatic carboxylic acids is 1. The van der Waals surface area contributed by atoms with Gasteiger partial charge >= 0.3 is 18.2 Å². The van der Waals surface area contributed by atoms with Gasteiger partial charge in [0.25, 0.3) is 0 Å². The second-order valence-electron chi connectivity index (χ2n) is 3.42. The van der Waals surface area contributed by atoms with Gasteiger partial charge < -0.3 is 15.3 Å². The van der Waals surface area contributed by atoms with Crippen molar-refractivity contribution >= 4 is 12.0 Å². The molecule has 2 amide bonds. The third-order valence-corrected chi connectivity index (χ3v) is 1.61. The third-order valence-electron chi connectivity index (χ3n) is 1.61. The molecule has 0 fully saturated rings. The minimum Gasteiger partial charge on any atom is -0.481 e. The highest BCUT2D eigenvalue weighted by atomic mass is 19.4. The molecule has 0 radical (unpaired) electrons. The quantitative estimate of drug-likeness (QED) is 0.774. The number of carbonyl (C=O) groups is 2. The summed E-state index contributed by atoms with van der Waals surface area (Å²) in [5.41, 5.74) is 0. The molecule has 0 aliphatic carbocycles. The van der Waals surface area contributed by atoms with Crippen LogP contribution >= 0.6 is 0 Å². The summed E-state index contributed by atoms with van der Waals surface area (Å²) in [4.78, 5) is 21.8. The van der Waals surface area contributed by atoms with Gasteiger partial charge in [-0.25, -0.2) is 4.79 Å². The van der Waals surface area contributed by atoms with Gasteiger partial charge in [0.15, 0.2) is 0 Å². The topological polar surface area (TPSA) is 69.6 Å². The van der Waals surface area contributed by atoms with Crippen LogP contribution in [0.1, 0.15) is 13.3 Å². The van der Waals surface area contributed by atoms with Gasteiger partial charge in [-0.1, -0.05) is 0 Å². The van der Waals surface area contributed by atoms with Crippen molar-refractivity contribution in [2.45, 2.75) is 25.6 Å². The third kappa shape index (κ3) is 6.91. The van der Waals surface area contributed by atoms with Crippen LogP contribution in [0, 0.1) is 0 Å². The molecule has 0 aromatic heterocycles. The molecule has 16 heavy (non-hydrogen) atoms. The van der Waals surface area contributed by atoms with Crippen molar-refractivity contribution in [2.24, 2.45) is 0 Å². The Labute approximate surface area is 90.2 Å². The minimum atomic E-state index is -4.47. The standard InChI is InChI=1S/C8H13F3N2O3/c1-5(3-6(14)15)12-7(16)13(2)4-8(9,10)11/h5H,3-4H2,1-2H3,(H,12,16)(H,14,15). The number of carboxylic acids is 1. The van der Waals surface area contributed by atoms with E-state index < -0.39 is 30.8 Å². The number of nitrogens with zero attached hydrogens (tertiary/aromatic N) is 1. The van der Waals surface area contributed by atoms with Crippen molar-refractivity contribution in [2.75, 3.05) is 13.6 Å². The maximum atomic E-state index is 11.9. The molecular formula is C8H13F3N2O3. The lowest BCUT2D eigenvalue weighted by atomic mass is 10.2. The fourth-order valence-electron chi connectivity index (χ4n) is 0.975. The lowest BCUT2D eigenvalue weighted by Gasteiger charge is -2.21. The molecule has 0 rings (SSSR count). The van der Waals surface area contributed by atoms with Gasteiger partial charge in [-0.05, 0) is 6.92 Å². The Morgan fingerprint density at radius 3 is 2.31 bits per heavy atom. The summed E-state index contributed by atoms with van der Waals surface area (Å²) in [6, 6.07) is -1.67. The molecule has 0 saturated heterocycles. The smallest absolute Gasteiger partial charge is 0.406 e. The maximum absolute atomic E-state index is 11.9. The van der Waals surface area contributed by atoms with Gasteiger partial charge in [-0.3, -0.25) is 4.79 Å². The van der Waals surface area contributed by atoms with E-state index in [0.717, 1.165) is 7.05 Å². The molecule has 0 bridgehead atoms. The molecular weight excluding hydrogens is 229 g/mol. The Morgan fingerprint density at radius 2 is 1.94 bits per heavy atom. The largest absolute Gasteiger partial charge is 0.481 e. The molecule has 0 aliphatic rings. The van der Waals surface area contributed by atoms with E-state index in [1.165, 1.54) is 6.92 Å². The predicted molar refractivity (Wildman–Crippen MR) is 48.9 cm³/mol. The second kappa shape index (κ2) is 5.57. The van der Waals surface area contributed by atoms with Gasteiger partial charge in [0.1, 0.15) is 6.54 Å². The molecule has 0 aromatic carbocycles. The summed E-state index contributed by atoms with van der Waals surface area (Å²) >= 11 is 0. The van der Waals surface area contributed by atoms with E-state index in [4.69, 9.17) is 5.11 Å². The van der Waals surface area contributed by atoms with Crippen LogP contribution in [0.2, 0.25) is 0 Å². The van der Waals surface area contributed by atoms with Crippen molar-refractivity contribution in [3.8, 4) is 0 Å². The number of carboxylic acid groups (broad SMARTS) is 1. The van der Waals surface area contributed by atoms with Crippen molar-refractivity contribution in [1.82, 2.24) is 10.2 Å². The van der Waals surface area contributed by atoms with E-state index in [9.17, 15) is 22.8 Å². The molecule has 0 aromatic rings. The number of hydrogen-bond acceptors (Lipinski definition) is 2. The van der Waals surface area contributed by atoms with E-state index >= 15 is 0 Å². The summed E-state index contributed by atoms with van der Waals surface area (Å²) in [5, 5.41) is 10.5. The molecule has 5 nitrogen and oxygen atoms in total. The van der Waals surface area contributed by atoms with E-state index in [1.807, 2.05) is 0 Å². The Morgan fingerprint density at radius 1 is 1.44 bits per heavy atom. The van der Waals surface area contributed by atoms with Crippen LogP contribution in [-0.4, -0.2) is 47.8 Å². The molecule has 2 N–H and O–H groups in total. The van der Waals surface area contributed by atoms with Crippen molar-refractivity contribution in [3.63, 3.8) is 0 Å². The van der Waals surface area contributed by atoms with E-state index in [-0.39, 0.29) is 6.42 Å². The Kier molecular flexibility index (Phi) is 5.06. The van der Waals surface area contributed by atoms with E-state index in [0.29, 0.717) is 4.90 Å². The summed E-state index contributed by atoms with van der Waals surface area (Å²) in [6.07, 6.45) is -4.81. The average Bonchev–Trinajstić information content (AvgIpc) is 1.98. The highest BCUT2D eigenvalue weighted by molar-refractivity contribution is 5.75. The Bertz CT molecular complexity index is 268. The lowest BCUT2D eigenvalue weighted by molar-refractivity contribution is -0.139. The van der Waals surface area contributed by atoms with Crippen molar-refractivity contribution in [1.29, 1.82) is 0 Å². The lowest BCUT2D eigenvalue weighted by Crippen LogP contribution is -2.45. The zero-order chi connectivity index (χ0) is 12.9. The number of halogens is 3. The highest BCUT2D eigenvalue weighted by Gasteiger charge is 2.31. The molecule has 0 saturated carbocycles. The minimum absolute atomic E-state index is 0.342. The fraction of sp³-hybridized carbons (Fsp3) is 0.750. The number of urea groups is 1. The zero-order valence-electron chi connectivity index (χ0n) is 8.84. The summed E-state index contributed by atoms with van der Waals surface area (Å²) in [7, 11) is 0.982. The zero-order valence-corrected chi connectivity index (χ0v) is 8.84. The number of amides is 2. The Hall–Kier alpha value is -1.47. The number of alkyl halides is 3. The molecule has 0 aliphatic heterocycles. The fourth-order valence-corrected chi connectivity index (χ4v) is 0.975. The number of carbonyl (C=O) groups excluding carboxylic acids is 1.